The lowest BCUT2D eigenvalue weighted by Gasteiger charge is -2.18. The van der Waals surface area contributed by atoms with Crippen LogP contribution in [0, 0.1) is 11.8 Å². The maximum atomic E-state index is 12.1. The van der Waals surface area contributed by atoms with Gasteiger partial charge in [-0.25, -0.2) is 4.98 Å². The molecule has 3 heterocycles. The predicted molar refractivity (Wildman–Crippen MR) is 88.2 cm³/mol. The predicted octanol–water partition coefficient (Wildman–Crippen LogP) is 1.29. The highest BCUT2D eigenvalue weighted by Crippen LogP contribution is 2.37. The Morgan fingerprint density at radius 3 is 2.95 bits per heavy atom. The molecule has 1 aliphatic heterocycles. The lowest BCUT2D eigenvalue weighted by molar-refractivity contribution is 0.295. The van der Waals surface area contributed by atoms with Crippen molar-refractivity contribution in [3.05, 3.63) is 46.5 Å². The molecular weight excluding hydrogens is 300 g/mol. The first-order valence-corrected chi connectivity index (χ1v) is 7.66. The summed E-state index contributed by atoms with van der Waals surface area (Å²) in [5.74, 6) is 1.37. The number of fused-ring (bicyclic) bond motifs is 2. The van der Waals surface area contributed by atoms with Gasteiger partial charge in [0.1, 0.15) is 5.65 Å². The molecule has 0 spiro atoms. The van der Waals surface area contributed by atoms with E-state index in [9.17, 15) is 4.79 Å². The van der Waals surface area contributed by atoms with Crippen molar-refractivity contribution in [2.75, 3.05) is 13.1 Å². The van der Waals surface area contributed by atoms with Crippen LogP contribution in [0.5, 0.6) is 0 Å². The summed E-state index contributed by atoms with van der Waals surface area (Å²) in [4.78, 5) is 19.1. The van der Waals surface area contributed by atoms with E-state index in [-0.39, 0.29) is 18.0 Å². The molecule has 1 saturated heterocycles. The van der Waals surface area contributed by atoms with E-state index >= 15 is 0 Å². The fourth-order valence-corrected chi connectivity index (χ4v) is 3.94. The van der Waals surface area contributed by atoms with Gasteiger partial charge in [0.25, 0.3) is 5.56 Å². The summed E-state index contributed by atoms with van der Waals surface area (Å²) in [6.45, 7) is 2.89. The smallest absolute Gasteiger partial charge is 0.258 e. The molecule has 0 bridgehead atoms. The van der Waals surface area contributed by atoms with E-state index < -0.39 is 0 Å². The van der Waals surface area contributed by atoms with Crippen molar-refractivity contribution in [3.63, 3.8) is 0 Å². The highest BCUT2D eigenvalue weighted by atomic mass is 35.5. The lowest BCUT2D eigenvalue weighted by Crippen LogP contribution is -2.30. The number of hydrogen-bond donors (Lipinski definition) is 1. The third-order valence-corrected chi connectivity index (χ3v) is 5.00. The molecule has 118 valence electrons. The Balaban J connectivity index is 0.00000144. The molecule has 1 saturated carbocycles. The summed E-state index contributed by atoms with van der Waals surface area (Å²) in [5, 5.41) is 0. The van der Waals surface area contributed by atoms with Crippen LogP contribution in [0.2, 0.25) is 0 Å². The fraction of sp³-hybridized carbons (Fsp3) is 0.500. The van der Waals surface area contributed by atoms with Gasteiger partial charge in [0.05, 0.1) is 5.69 Å². The second kappa shape index (κ2) is 5.99. The average Bonchev–Trinajstić information content (AvgIpc) is 3.01. The molecule has 22 heavy (non-hydrogen) atoms. The maximum Gasteiger partial charge on any atom is 0.258 e. The Morgan fingerprint density at radius 1 is 1.27 bits per heavy atom. The van der Waals surface area contributed by atoms with Gasteiger partial charge in [0, 0.05) is 37.9 Å². The number of likely N-dealkylation sites (tertiary alicyclic amines) is 1. The summed E-state index contributed by atoms with van der Waals surface area (Å²) in [6.07, 6.45) is 4.17. The van der Waals surface area contributed by atoms with Crippen LogP contribution in [-0.4, -0.2) is 33.4 Å². The number of rotatable bonds is 2. The minimum atomic E-state index is -0.00769. The number of nitrogens with two attached hydrogens (primary N) is 1. The SMILES string of the molecule is Cl.NC1CCC2CN(Cc3cc(=O)n4ccccc4n3)CC12. The van der Waals surface area contributed by atoms with Crippen molar-refractivity contribution in [2.45, 2.75) is 25.4 Å². The van der Waals surface area contributed by atoms with Gasteiger partial charge in [-0.15, -0.1) is 12.4 Å². The molecule has 0 amide bonds. The van der Waals surface area contributed by atoms with Crippen LogP contribution >= 0.6 is 12.4 Å². The zero-order valence-electron chi connectivity index (χ0n) is 12.4. The van der Waals surface area contributed by atoms with Gasteiger partial charge in [-0.2, -0.15) is 0 Å². The normalized spacial score (nSPS) is 27.8. The van der Waals surface area contributed by atoms with Crippen molar-refractivity contribution in [2.24, 2.45) is 17.6 Å². The van der Waals surface area contributed by atoms with Crippen molar-refractivity contribution in [1.29, 1.82) is 0 Å². The first-order valence-electron chi connectivity index (χ1n) is 7.66. The van der Waals surface area contributed by atoms with Crippen molar-refractivity contribution >= 4 is 18.1 Å². The minimum Gasteiger partial charge on any atom is -0.327 e. The van der Waals surface area contributed by atoms with Crippen LogP contribution in [-0.2, 0) is 6.54 Å². The van der Waals surface area contributed by atoms with E-state index in [0.717, 1.165) is 36.9 Å². The molecule has 3 unspecified atom stereocenters. The molecular formula is C16H21ClN4O. The Kier molecular flexibility index (Phi) is 4.21. The zero-order valence-corrected chi connectivity index (χ0v) is 13.2. The van der Waals surface area contributed by atoms with Gasteiger partial charge in [0.2, 0.25) is 0 Å². The number of aromatic nitrogens is 2. The second-order valence-corrected chi connectivity index (χ2v) is 6.37. The van der Waals surface area contributed by atoms with Crippen LogP contribution in [0.1, 0.15) is 18.5 Å². The van der Waals surface area contributed by atoms with Crippen molar-refractivity contribution in [1.82, 2.24) is 14.3 Å². The van der Waals surface area contributed by atoms with Crippen LogP contribution in [0.25, 0.3) is 5.65 Å². The highest BCUT2D eigenvalue weighted by Gasteiger charge is 2.40. The average molecular weight is 321 g/mol. The Labute approximate surface area is 135 Å². The van der Waals surface area contributed by atoms with Gasteiger partial charge < -0.3 is 5.73 Å². The van der Waals surface area contributed by atoms with Crippen molar-refractivity contribution in [3.8, 4) is 0 Å². The van der Waals surface area contributed by atoms with E-state index in [2.05, 4.69) is 9.88 Å². The number of hydrogen-bond acceptors (Lipinski definition) is 4. The summed E-state index contributed by atoms with van der Waals surface area (Å²) in [6, 6.07) is 7.64. The van der Waals surface area contributed by atoms with Gasteiger partial charge >= 0.3 is 0 Å². The largest absolute Gasteiger partial charge is 0.327 e. The maximum absolute atomic E-state index is 12.1. The molecule has 2 aromatic heterocycles. The summed E-state index contributed by atoms with van der Waals surface area (Å²) in [5.41, 5.74) is 7.75. The van der Waals surface area contributed by atoms with Gasteiger partial charge in [-0.1, -0.05) is 6.07 Å². The molecule has 2 fully saturated rings. The molecule has 0 aromatic carbocycles. The molecule has 3 atom stereocenters. The van der Waals surface area contributed by atoms with Gasteiger partial charge in [-0.3, -0.25) is 14.1 Å². The quantitative estimate of drug-likeness (QED) is 0.905. The minimum absolute atomic E-state index is 0. The highest BCUT2D eigenvalue weighted by molar-refractivity contribution is 5.85. The monoisotopic (exact) mass is 320 g/mol. The van der Waals surface area contributed by atoms with Gasteiger partial charge in [0.15, 0.2) is 0 Å². The van der Waals surface area contributed by atoms with E-state index in [0.29, 0.717) is 12.0 Å². The fourth-order valence-electron chi connectivity index (χ4n) is 3.94. The molecule has 2 aromatic rings. The number of nitrogens with zero attached hydrogens (tertiary/aromatic N) is 3. The first kappa shape index (κ1) is 15.5. The van der Waals surface area contributed by atoms with Crippen molar-refractivity contribution < 1.29 is 0 Å². The summed E-state index contributed by atoms with van der Waals surface area (Å²) in [7, 11) is 0. The van der Waals surface area contributed by atoms with E-state index in [1.165, 1.54) is 12.8 Å². The molecule has 4 rings (SSSR count). The van der Waals surface area contributed by atoms with Crippen LogP contribution in [0.3, 0.4) is 0 Å². The Morgan fingerprint density at radius 2 is 2.14 bits per heavy atom. The first-order chi connectivity index (χ1) is 10.2. The molecule has 5 nitrogen and oxygen atoms in total. The number of pyridine rings is 1. The van der Waals surface area contributed by atoms with Crippen LogP contribution in [0.15, 0.2) is 35.3 Å². The summed E-state index contributed by atoms with van der Waals surface area (Å²) >= 11 is 0. The zero-order chi connectivity index (χ0) is 14.4. The van der Waals surface area contributed by atoms with E-state index in [4.69, 9.17) is 5.73 Å². The third-order valence-electron chi connectivity index (χ3n) is 5.00. The van der Waals surface area contributed by atoms with E-state index in [1.54, 1.807) is 16.7 Å². The summed E-state index contributed by atoms with van der Waals surface area (Å²) < 4.78 is 1.58. The topological polar surface area (TPSA) is 63.6 Å². The van der Waals surface area contributed by atoms with E-state index in [1.807, 2.05) is 18.2 Å². The third kappa shape index (κ3) is 2.64. The second-order valence-electron chi connectivity index (χ2n) is 6.37. The lowest BCUT2D eigenvalue weighted by atomic mass is 9.98. The molecule has 1 aliphatic carbocycles. The standard InChI is InChI=1S/C16H20N4O.ClH/c17-14-5-4-11-8-19(10-13(11)14)9-12-7-16(21)20-6-2-1-3-15(20)18-12;/h1-3,6-7,11,13-14H,4-5,8-10,17H2;1H. The Bertz CT molecular complexity index is 731. The Hall–Kier alpha value is -1.43. The molecule has 2 aliphatic rings. The van der Waals surface area contributed by atoms with Gasteiger partial charge in [-0.05, 0) is 36.8 Å². The molecule has 0 radical (unpaired) electrons. The number of halogens is 1. The van der Waals surface area contributed by atoms with Crippen LogP contribution < -0.4 is 11.3 Å². The molecule has 6 heteroatoms. The molecule has 2 N–H and O–H groups in total. The van der Waals surface area contributed by atoms with Crippen LogP contribution in [0.4, 0.5) is 0 Å².